The third-order valence-electron chi connectivity index (χ3n) is 2.95. The normalized spacial score (nSPS) is 14.3. The zero-order valence-corrected chi connectivity index (χ0v) is 14.0. The third kappa shape index (κ3) is 5.39. The Morgan fingerprint density at radius 3 is 2.59 bits per heavy atom. The van der Waals surface area contributed by atoms with Crippen molar-refractivity contribution in [2.75, 3.05) is 0 Å². The Bertz CT molecular complexity index is 598. The minimum Gasteiger partial charge on any atom is -0.480 e. The number of aliphatic carboxylic acids is 1. The second-order valence-electron chi connectivity index (χ2n) is 4.82. The maximum Gasteiger partial charge on any atom is 0.326 e. The van der Waals surface area contributed by atoms with E-state index in [9.17, 15) is 18.0 Å². The van der Waals surface area contributed by atoms with Gasteiger partial charge in [-0.05, 0) is 24.8 Å². The topological polar surface area (TPSA) is 113 Å². The first-order valence-electron chi connectivity index (χ1n) is 6.87. The summed E-state index contributed by atoms with van der Waals surface area (Å²) < 4.78 is 26.3. The molecule has 0 aliphatic rings. The van der Waals surface area contributed by atoms with Crippen LogP contribution in [0.3, 0.4) is 0 Å². The summed E-state index contributed by atoms with van der Waals surface area (Å²) >= 11 is 1.04. The molecule has 3 N–H and O–H groups in total. The number of rotatable bonds is 9. The van der Waals surface area contributed by atoms with Crippen LogP contribution in [-0.4, -0.2) is 37.5 Å². The number of unbranched alkanes of at least 4 members (excludes halogenated alkanes) is 1. The van der Waals surface area contributed by atoms with Gasteiger partial charge in [-0.25, -0.2) is 13.2 Å². The van der Waals surface area contributed by atoms with Gasteiger partial charge in [0, 0.05) is 0 Å². The van der Waals surface area contributed by atoms with E-state index in [0.29, 0.717) is 12.8 Å². The minimum absolute atomic E-state index is 0.105. The maximum atomic E-state index is 12.0. The van der Waals surface area contributed by atoms with Crippen LogP contribution in [0.2, 0.25) is 0 Å². The van der Waals surface area contributed by atoms with E-state index in [1.807, 2.05) is 6.92 Å². The van der Waals surface area contributed by atoms with Crippen molar-refractivity contribution >= 4 is 33.2 Å². The van der Waals surface area contributed by atoms with Crippen molar-refractivity contribution in [3.8, 4) is 0 Å². The molecule has 0 radical (unpaired) electrons. The molecule has 0 aliphatic heterocycles. The van der Waals surface area contributed by atoms with Crippen molar-refractivity contribution in [3.63, 3.8) is 0 Å². The van der Waals surface area contributed by atoms with Gasteiger partial charge in [-0.2, -0.15) is 4.72 Å². The monoisotopic (exact) mass is 348 g/mol. The summed E-state index contributed by atoms with van der Waals surface area (Å²) in [6.45, 7) is 3.29. The summed E-state index contributed by atoms with van der Waals surface area (Å²) in [4.78, 5) is 23.1. The standard InChI is InChI=1S/C13H20N2O5S2/c1-3-4-6-10(13(17)18)14-12(16)9(2)15-22(19,20)11-7-5-8-21-11/h5,7-10,15H,3-4,6H2,1-2H3,(H,14,16)(H,17,18). The van der Waals surface area contributed by atoms with Gasteiger partial charge >= 0.3 is 5.97 Å². The molecule has 2 atom stereocenters. The second kappa shape index (κ2) is 8.25. The van der Waals surface area contributed by atoms with Crippen LogP contribution in [0.25, 0.3) is 0 Å². The molecule has 2 unspecified atom stereocenters. The van der Waals surface area contributed by atoms with Crippen LogP contribution >= 0.6 is 11.3 Å². The number of hydrogen-bond donors (Lipinski definition) is 3. The van der Waals surface area contributed by atoms with Crippen LogP contribution in [0.4, 0.5) is 0 Å². The van der Waals surface area contributed by atoms with E-state index in [4.69, 9.17) is 5.11 Å². The first-order valence-corrected chi connectivity index (χ1v) is 9.23. The predicted molar refractivity (Wildman–Crippen MR) is 83.2 cm³/mol. The number of hydrogen-bond acceptors (Lipinski definition) is 5. The van der Waals surface area contributed by atoms with E-state index in [2.05, 4.69) is 10.0 Å². The van der Waals surface area contributed by atoms with Gasteiger partial charge in [-0.3, -0.25) is 4.79 Å². The lowest BCUT2D eigenvalue weighted by molar-refractivity contribution is -0.142. The summed E-state index contributed by atoms with van der Waals surface area (Å²) in [6, 6.07) is 0.949. The number of carboxylic acids is 1. The van der Waals surface area contributed by atoms with Crippen LogP contribution in [0.5, 0.6) is 0 Å². The summed E-state index contributed by atoms with van der Waals surface area (Å²) in [5, 5.41) is 13.0. The number of carbonyl (C=O) groups is 2. The smallest absolute Gasteiger partial charge is 0.326 e. The van der Waals surface area contributed by atoms with E-state index >= 15 is 0 Å². The first-order chi connectivity index (χ1) is 10.3. The molecular weight excluding hydrogens is 328 g/mol. The zero-order chi connectivity index (χ0) is 16.8. The van der Waals surface area contributed by atoms with E-state index in [0.717, 1.165) is 17.8 Å². The number of thiophene rings is 1. The highest BCUT2D eigenvalue weighted by molar-refractivity contribution is 7.91. The van der Waals surface area contributed by atoms with Gasteiger partial charge in [0.25, 0.3) is 10.0 Å². The van der Waals surface area contributed by atoms with Gasteiger partial charge in [0.15, 0.2) is 0 Å². The average Bonchev–Trinajstić information content (AvgIpc) is 2.97. The minimum atomic E-state index is -3.77. The van der Waals surface area contributed by atoms with Crippen molar-refractivity contribution in [3.05, 3.63) is 17.5 Å². The Labute approximate surface area is 133 Å². The molecule has 1 heterocycles. The van der Waals surface area contributed by atoms with Crippen LogP contribution in [0, 0.1) is 0 Å². The van der Waals surface area contributed by atoms with Crippen molar-refractivity contribution in [1.29, 1.82) is 0 Å². The molecule has 1 rings (SSSR count). The lowest BCUT2D eigenvalue weighted by Gasteiger charge is -2.18. The van der Waals surface area contributed by atoms with Crippen molar-refractivity contribution < 1.29 is 23.1 Å². The Morgan fingerprint density at radius 1 is 1.41 bits per heavy atom. The number of carboxylic acid groups (broad SMARTS) is 1. The Kier molecular flexibility index (Phi) is 6.98. The van der Waals surface area contributed by atoms with E-state index in [1.165, 1.54) is 13.0 Å². The molecule has 0 saturated heterocycles. The summed E-state index contributed by atoms with van der Waals surface area (Å²) in [7, 11) is -3.77. The number of carbonyl (C=O) groups excluding carboxylic acids is 1. The summed E-state index contributed by atoms with van der Waals surface area (Å²) in [5.41, 5.74) is 0. The van der Waals surface area contributed by atoms with Crippen LogP contribution in [0.1, 0.15) is 33.1 Å². The molecular formula is C13H20N2O5S2. The molecule has 0 aliphatic carbocycles. The van der Waals surface area contributed by atoms with Gasteiger partial charge in [0.05, 0.1) is 6.04 Å². The lowest BCUT2D eigenvalue weighted by atomic mass is 10.1. The fourth-order valence-corrected chi connectivity index (χ4v) is 3.94. The van der Waals surface area contributed by atoms with Gasteiger partial charge in [-0.1, -0.05) is 25.8 Å². The molecule has 22 heavy (non-hydrogen) atoms. The lowest BCUT2D eigenvalue weighted by Crippen LogP contribution is -2.50. The van der Waals surface area contributed by atoms with Crippen LogP contribution in [-0.2, 0) is 19.6 Å². The number of nitrogens with one attached hydrogen (secondary N) is 2. The third-order valence-corrected chi connectivity index (χ3v) is 5.88. The van der Waals surface area contributed by atoms with E-state index in [1.54, 1.807) is 11.4 Å². The quantitative estimate of drug-likeness (QED) is 0.620. The number of amides is 1. The van der Waals surface area contributed by atoms with Crippen LogP contribution < -0.4 is 10.0 Å². The molecule has 1 aromatic heterocycles. The molecule has 0 spiro atoms. The SMILES string of the molecule is CCCCC(NC(=O)C(C)NS(=O)(=O)c1cccs1)C(=O)O. The van der Waals surface area contributed by atoms with Gasteiger partial charge in [-0.15, -0.1) is 11.3 Å². The fourth-order valence-electron chi connectivity index (χ4n) is 1.72. The Morgan fingerprint density at radius 2 is 2.09 bits per heavy atom. The highest BCUT2D eigenvalue weighted by Crippen LogP contribution is 2.15. The molecule has 9 heteroatoms. The molecule has 124 valence electrons. The highest BCUT2D eigenvalue weighted by atomic mass is 32.2. The van der Waals surface area contributed by atoms with Crippen molar-refractivity contribution in [2.45, 2.75) is 49.4 Å². The van der Waals surface area contributed by atoms with Gasteiger partial charge < -0.3 is 10.4 Å². The Balaban J connectivity index is 2.66. The van der Waals surface area contributed by atoms with E-state index in [-0.39, 0.29) is 4.21 Å². The predicted octanol–water partition coefficient (Wildman–Crippen LogP) is 1.17. The molecule has 0 bridgehead atoms. The fraction of sp³-hybridized carbons (Fsp3) is 0.538. The first kappa shape index (κ1) is 18.6. The number of sulfonamides is 1. The Hall–Kier alpha value is -1.45. The van der Waals surface area contributed by atoms with Gasteiger partial charge in [0.2, 0.25) is 5.91 Å². The molecule has 1 amide bonds. The summed E-state index contributed by atoms with van der Waals surface area (Å²) in [6.07, 6.45) is 1.77. The largest absolute Gasteiger partial charge is 0.480 e. The molecule has 7 nitrogen and oxygen atoms in total. The van der Waals surface area contributed by atoms with Gasteiger partial charge in [0.1, 0.15) is 10.3 Å². The van der Waals surface area contributed by atoms with Crippen LogP contribution in [0.15, 0.2) is 21.7 Å². The zero-order valence-electron chi connectivity index (χ0n) is 12.4. The molecule has 0 aromatic carbocycles. The second-order valence-corrected chi connectivity index (χ2v) is 7.71. The van der Waals surface area contributed by atoms with Crippen molar-refractivity contribution in [1.82, 2.24) is 10.0 Å². The molecule has 0 saturated carbocycles. The highest BCUT2D eigenvalue weighted by Gasteiger charge is 2.26. The van der Waals surface area contributed by atoms with Crippen molar-refractivity contribution in [2.24, 2.45) is 0 Å². The summed E-state index contributed by atoms with van der Waals surface area (Å²) in [5.74, 6) is -1.79. The maximum absolute atomic E-state index is 12.0. The molecule has 1 aromatic rings. The van der Waals surface area contributed by atoms with E-state index < -0.39 is 34.0 Å². The molecule has 0 fully saturated rings. The average molecular weight is 348 g/mol.